The number of rotatable bonds is 4. The highest BCUT2D eigenvalue weighted by Crippen LogP contribution is 2.22. The van der Waals surface area contributed by atoms with E-state index in [9.17, 15) is 4.79 Å². The van der Waals surface area contributed by atoms with Gasteiger partial charge in [0.25, 0.3) is 0 Å². The Morgan fingerprint density at radius 1 is 1.53 bits per heavy atom. The summed E-state index contributed by atoms with van der Waals surface area (Å²) in [6.07, 6.45) is 3.74. The van der Waals surface area contributed by atoms with Crippen LogP contribution in [0.15, 0.2) is 22.7 Å². The molecule has 1 aliphatic heterocycles. The number of ketones is 1. The van der Waals surface area contributed by atoms with Gasteiger partial charge in [-0.25, -0.2) is 0 Å². The molecule has 0 amide bonds. The molecule has 0 saturated carbocycles. The lowest BCUT2D eigenvalue weighted by Crippen LogP contribution is -2.10. The van der Waals surface area contributed by atoms with Crippen LogP contribution >= 0.6 is 15.9 Å². The van der Waals surface area contributed by atoms with E-state index in [1.54, 1.807) is 12.1 Å². The largest absolute Gasteiger partial charge is 0.398 e. The fraction of sp³-hybridized carbons (Fsp3) is 0.462. The summed E-state index contributed by atoms with van der Waals surface area (Å²) >= 11 is 3.35. The van der Waals surface area contributed by atoms with E-state index in [-0.39, 0.29) is 11.9 Å². The molecule has 1 heterocycles. The first-order chi connectivity index (χ1) is 8.16. The number of hydrogen-bond acceptors (Lipinski definition) is 3. The van der Waals surface area contributed by atoms with Gasteiger partial charge in [-0.15, -0.1) is 0 Å². The van der Waals surface area contributed by atoms with Gasteiger partial charge in [0.1, 0.15) is 0 Å². The van der Waals surface area contributed by atoms with Gasteiger partial charge in [-0.3, -0.25) is 4.79 Å². The SMILES string of the molecule is Nc1ccc(Br)cc1C(=O)CCC1CCCO1. The van der Waals surface area contributed by atoms with E-state index in [4.69, 9.17) is 10.5 Å². The molecular formula is C13H16BrNO2. The van der Waals surface area contributed by atoms with Crippen molar-refractivity contribution >= 4 is 27.4 Å². The van der Waals surface area contributed by atoms with Gasteiger partial charge in [-0.1, -0.05) is 15.9 Å². The minimum atomic E-state index is 0.0966. The van der Waals surface area contributed by atoms with E-state index in [1.165, 1.54) is 0 Å². The van der Waals surface area contributed by atoms with E-state index >= 15 is 0 Å². The van der Waals surface area contributed by atoms with Gasteiger partial charge < -0.3 is 10.5 Å². The number of anilines is 1. The Morgan fingerprint density at radius 2 is 2.35 bits per heavy atom. The molecular weight excluding hydrogens is 282 g/mol. The second kappa shape index (κ2) is 5.65. The number of carbonyl (C=O) groups excluding carboxylic acids is 1. The maximum absolute atomic E-state index is 12.0. The minimum Gasteiger partial charge on any atom is -0.398 e. The van der Waals surface area contributed by atoms with Gasteiger partial charge in [0.2, 0.25) is 0 Å². The van der Waals surface area contributed by atoms with Crippen LogP contribution in [0.5, 0.6) is 0 Å². The first kappa shape index (κ1) is 12.6. The van der Waals surface area contributed by atoms with Crippen LogP contribution < -0.4 is 5.73 Å². The molecule has 0 bridgehead atoms. The van der Waals surface area contributed by atoms with Gasteiger partial charge in [0, 0.05) is 28.8 Å². The molecule has 2 rings (SSSR count). The molecule has 1 saturated heterocycles. The smallest absolute Gasteiger partial charge is 0.165 e. The quantitative estimate of drug-likeness (QED) is 0.686. The lowest BCUT2D eigenvalue weighted by atomic mass is 10.0. The van der Waals surface area contributed by atoms with Crippen molar-refractivity contribution < 1.29 is 9.53 Å². The topological polar surface area (TPSA) is 52.3 Å². The van der Waals surface area contributed by atoms with Gasteiger partial charge in [0.15, 0.2) is 5.78 Å². The van der Waals surface area contributed by atoms with Crippen molar-refractivity contribution in [2.45, 2.75) is 31.8 Å². The molecule has 4 heteroatoms. The Morgan fingerprint density at radius 3 is 3.06 bits per heavy atom. The second-order valence-corrected chi connectivity index (χ2v) is 5.24. The third-order valence-electron chi connectivity index (χ3n) is 3.03. The van der Waals surface area contributed by atoms with Crippen LogP contribution in [-0.4, -0.2) is 18.5 Å². The molecule has 1 aliphatic rings. The van der Waals surface area contributed by atoms with Crippen molar-refractivity contribution in [3.8, 4) is 0 Å². The molecule has 3 nitrogen and oxygen atoms in total. The molecule has 2 N–H and O–H groups in total. The van der Waals surface area contributed by atoms with Crippen molar-refractivity contribution in [1.82, 2.24) is 0 Å². The Kier molecular flexibility index (Phi) is 4.18. The van der Waals surface area contributed by atoms with Crippen molar-refractivity contribution in [3.05, 3.63) is 28.2 Å². The summed E-state index contributed by atoms with van der Waals surface area (Å²) in [7, 11) is 0. The number of hydrogen-bond donors (Lipinski definition) is 1. The fourth-order valence-electron chi connectivity index (χ4n) is 2.07. The molecule has 1 aromatic carbocycles. The molecule has 1 atom stereocenters. The fourth-order valence-corrected chi connectivity index (χ4v) is 2.43. The van der Waals surface area contributed by atoms with Gasteiger partial charge >= 0.3 is 0 Å². The molecule has 17 heavy (non-hydrogen) atoms. The molecule has 1 aromatic rings. The molecule has 0 aromatic heterocycles. The molecule has 1 unspecified atom stereocenters. The zero-order chi connectivity index (χ0) is 12.3. The highest BCUT2D eigenvalue weighted by atomic mass is 79.9. The van der Waals surface area contributed by atoms with Crippen molar-refractivity contribution in [2.75, 3.05) is 12.3 Å². The van der Waals surface area contributed by atoms with E-state index in [0.29, 0.717) is 17.7 Å². The Bertz CT molecular complexity index is 414. The number of ether oxygens (including phenoxy) is 1. The van der Waals surface area contributed by atoms with Gasteiger partial charge in [-0.05, 0) is 37.5 Å². The molecule has 92 valence electrons. The highest BCUT2D eigenvalue weighted by molar-refractivity contribution is 9.10. The molecule has 0 aliphatic carbocycles. The molecule has 1 fully saturated rings. The van der Waals surface area contributed by atoms with Crippen LogP contribution in [-0.2, 0) is 4.74 Å². The number of Topliss-reactive ketones (excluding diaryl/α,β-unsaturated/α-hetero) is 1. The number of benzene rings is 1. The maximum Gasteiger partial charge on any atom is 0.165 e. The molecule has 0 radical (unpaired) electrons. The average Bonchev–Trinajstić information content (AvgIpc) is 2.82. The minimum absolute atomic E-state index is 0.0966. The van der Waals surface area contributed by atoms with Crippen molar-refractivity contribution in [1.29, 1.82) is 0 Å². The van der Waals surface area contributed by atoms with Crippen LogP contribution in [0.4, 0.5) is 5.69 Å². The predicted octanol–water partition coefficient (Wildman–Crippen LogP) is 3.17. The summed E-state index contributed by atoms with van der Waals surface area (Å²) in [6, 6.07) is 5.38. The van der Waals surface area contributed by atoms with E-state index in [2.05, 4.69) is 15.9 Å². The van der Waals surface area contributed by atoms with Crippen LogP contribution in [0, 0.1) is 0 Å². The van der Waals surface area contributed by atoms with Crippen molar-refractivity contribution in [2.24, 2.45) is 0 Å². The zero-order valence-electron chi connectivity index (χ0n) is 9.62. The van der Waals surface area contributed by atoms with E-state index < -0.39 is 0 Å². The standard InChI is InChI=1S/C13H16BrNO2/c14-9-3-5-12(15)11(8-9)13(16)6-4-10-2-1-7-17-10/h3,5,8,10H,1-2,4,6-7,15H2. The summed E-state index contributed by atoms with van der Waals surface area (Å²) < 4.78 is 6.38. The number of nitrogens with two attached hydrogens (primary N) is 1. The maximum atomic E-state index is 12.0. The predicted molar refractivity (Wildman–Crippen MR) is 71.1 cm³/mol. The number of halogens is 1. The first-order valence-corrected chi connectivity index (χ1v) is 6.66. The summed E-state index contributed by atoms with van der Waals surface area (Å²) in [4.78, 5) is 12.0. The van der Waals surface area contributed by atoms with Crippen LogP contribution in [0.2, 0.25) is 0 Å². The lowest BCUT2D eigenvalue weighted by molar-refractivity contribution is 0.0860. The Balaban J connectivity index is 1.96. The third-order valence-corrected chi connectivity index (χ3v) is 3.53. The Hall–Kier alpha value is -0.870. The third kappa shape index (κ3) is 3.30. The van der Waals surface area contributed by atoms with Crippen LogP contribution in [0.3, 0.4) is 0 Å². The average molecular weight is 298 g/mol. The number of carbonyl (C=O) groups is 1. The van der Waals surface area contributed by atoms with Gasteiger partial charge in [-0.2, -0.15) is 0 Å². The lowest BCUT2D eigenvalue weighted by Gasteiger charge is -2.09. The first-order valence-electron chi connectivity index (χ1n) is 5.86. The van der Waals surface area contributed by atoms with Gasteiger partial charge in [0.05, 0.1) is 6.10 Å². The zero-order valence-corrected chi connectivity index (χ0v) is 11.2. The van der Waals surface area contributed by atoms with E-state index in [1.807, 2.05) is 6.07 Å². The summed E-state index contributed by atoms with van der Waals surface area (Å²) in [5.74, 6) is 0.0966. The molecule has 0 spiro atoms. The Labute approximate surface area is 109 Å². The normalized spacial score (nSPS) is 19.5. The van der Waals surface area contributed by atoms with E-state index in [0.717, 1.165) is 30.3 Å². The van der Waals surface area contributed by atoms with Crippen LogP contribution in [0.25, 0.3) is 0 Å². The second-order valence-electron chi connectivity index (χ2n) is 4.33. The number of nitrogen functional groups attached to an aromatic ring is 1. The summed E-state index contributed by atoms with van der Waals surface area (Å²) in [5, 5.41) is 0. The van der Waals surface area contributed by atoms with Crippen molar-refractivity contribution in [3.63, 3.8) is 0 Å². The van der Waals surface area contributed by atoms with Crippen LogP contribution in [0.1, 0.15) is 36.0 Å². The highest BCUT2D eigenvalue weighted by Gasteiger charge is 2.18. The summed E-state index contributed by atoms with van der Waals surface area (Å²) in [6.45, 7) is 0.831. The monoisotopic (exact) mass is 297 g/mol. The summed E-state index contributed by atoms with van der Waals surface area (Å²) in [5.41, 5.74) is 6.96.